The Morgan fingerprint density at radius 1 is 1.47 bits per heavy atom. The molecule has 2 rings (SSSR count). The molecule has 2 nitrogen and oxygen atoms in total. The lowest BCUT2D eigenvalue weighted by atomic mass is 10.1. The summed E-state index contributed by atoms with van der Waals surface area (Å²) in [4.78, 5) is 0. The van der Waals surface area contributed by atoms with Gasteiger partial charge >= 0.3 is 0 Å². The summed E-state index contributed by atoms with van der Waals surface area (Å²) in [6.07, 6.45) is 1.25. The fourth-order valence-electron chi connectivity index (χ4n) is 1.83. The molecule has 1 aliphatic heterocycles. The summed E-state index contributed by atoms with van der Waals surface area (Å²) < 4.78 is 6.81. The first-order valence-electron chi connectivity index (χ1n) is 5.37. The second kappa shape index (κ2) is 5.64. The van der Waals surface area contributed by atoms with Crippen LogP contribution in [0.3, 0.4) is 0 Å². The third-order valence-electron chi connectivity index (χ3n) is 2.67. The van der Waals surface area contributed by atoms with Crippen molar-refractivity contribution in [2.24, 2.45) is 5.92 Å². The van der Waals surface area contributed by atoms with Gasteiger partial charge in [-0.25, -0.2) is 0 Å². The minimum Gasteiger partial charge on any atom is -0.376 e. The molecule has 1 aliphatic rings. The fraction of sp³-hybridized carbons (Fsp3) is 0.500. The second-order valence-corrected chi connectivity index (χ2v) is 4.92. The molecule has 3 heteroatoms. The van der Waals surface area contributed by atoms with Crippen LogP contribution in [0, 0.1) is 5.92 Å². The van der Waals surface area contributed by atoms with Crippen molar-refractivity contribution in [3.05, 3.63) is 34.3 Å². The van der Waals surface area contributed by atoms with Gasteiger partial charge in [0.05, 0.1) is 13.2 Å². The fourth-order valence-corrected chi connectivity index (χ4v) is 2.27. The lowest BCUT2D eigenvalue weighted by molar-refractivity contribution is 0.0924. The largest absolute Gasteiger partial charge is 0.376 e. The van der Waals surface area contributed by atoms with Crippen molar-refractivity contribution >= 4 is 15.9 Å². The van der Waals surface area contributed by atoms with Crippen LogP contribution in [0.5, 0.6) is 0 Å². The predicted octanol–water partition coefficient (Wildman–Crippen LogP) is 2.58. The molecule has 82 valence electrons. The highest BCUT2D eigenvalue weighted by Gasteiger charge is 2.13. The van der Waals surface area contributed by atoms with E-state index in [4.69, 9.17) is 4.74 Å². The quantitative estimate of drug-likeness (QED) is 0.908. The van der Waals surface area contributed by atoms with Gasteiger partial charge in [0, 0.05) is 11.0 Å². The van der Waals surface area contributed by atoms with Crippen molar-refractivity contribution in [1.29, 1.82) is 0 Å². The molecule has 1 aromatic rings. The molecular weight excluding hydrogens is 254 g/mol. The van der Waals surface area contributed by atoms with Gasteiger partial charge in [0.1, 0.15) is 0 Å². The molecule has 1 fully saturated rings. The Labute approximate surface area is 99.1 Å². The number of hydrogen-bond acceptors (Lipinski definition) is 2. The number of ether oxygens (including phenoxy) is 1. The molecule has 0 bridgehead atoms. The SMILES string of the molecule is Brc1cccc(COC[C@H]2CCNC2)c1. The van der Waals surface area contributed by atoms with Gasteiger partial charge in [-0.1, -0.05) is 28.1 Å². The molecule has 0 saturated carbocycles. The normalized spacial score (nSPS) is 20.7. The highest BCUT2D eigenvalue weighted by atomic mass is 79.9. The zero-order valence-electron chi connectivity index (χ0n) is 8.71. The Bertz CT molecular complexity index is 310. The summed E-state index contributed by atoms with van der Waals surface area (Å²) in [6.45, 7) is 3.85. The Morgan fingerprint density at radius 3 is 3.13 bits per heavy atom. The van der Waals surface area contributed by atoms with Crippen molar-refractivity contribution in [1.82, 2.24) is 5.32 Å². The van der Waals surface area contributed by atoms with Gasteiger partial charge in [-0.2, -0.15) is 0 Å². The lowest BCUT2D eigenvalue weighted by Crippen LogP contribution is -2.13. The van der Waals surface area contributed by atoms with Gasteiger partial charge < -0.3 is 10.1 Å². The van der Waals surface area contributed by atoms with E-state index in [1.807, 2.05) is 12.1 Å². The minimum atomic E-state index is 0.706. The molecule has 0 aliphatic carbocycles. The average Bonchev–Trinajstić information content (AvgIpc) is 2.71. The summed E-state index contributed by atoms with van der Waals surface area (Å²) >= 11 is 3.45. The highest BCUT2D eigenvalue weighted by molar-refractivity contribution is 9.10. The Morgan fingerprint density at radius 2 is 2.40 bits per heavy atom. The summed E-state index contributed by atoms with van der Waals surface area (Å²) in [5.41, 5.74) is 1.23. The van der Waals surface area contributed by atoms with Crippen molar-refractivity contribution in [2.45, 2.75) is 13.0 Å². The van der Waals surface area contributed by atoms with Crippen LogP contribution in [-0.2, 0) is 11.3 Å². The first-order valence-corrected chi connectivity index (χ1v) is 6.17. The minimum absolute atomic E-state index is 0.706. The smallest absolute Gasteiger partial charge is 0.0717 e. The molecule has 1 aromatic carbocycles. The predicted molar refractivity (Wildman–Crippen MR) is 64.8 cm³/mol. The highest BCUT2D eigenvalue weighted by Crippen LogP contribution is 2.13. The summed E-state index contributed by atoms with van der Waals surface area (Å²) in [5, 5.41) is 3.34. The van der Waals surface area contributed by atoms with Crippen LogP contribution in [0.25, 0.3) is 0 Å². The molecule has 0 amide bonds. The molecule has 1 saturated heterocycles. The topological polar surface area (TPSA) is 21.3 Å². The standard InChI is InChI=1S/C12H16BrNO/c13-12-3-1-2-10(6-12)8-15-9-11-4-5-14-7-11/h1-3,6,11,14H,4-5,7-9H2/t11-/m0/s1. The van der Waals surface area contributed by atoms with Crippen LogP contribution in [0.15, 0.2) is 28.7 Å². The van der Waals surface area contributed by atoms with Gasteiger partial charge in [0.25, 0.3) is 0 Å². The van der Waals surface area contributed by atoms with Crippen LogP contribution in [0.1, 0.15) is 12.0 Å². The lowest BCUT2D eigenvalue weighted by Gasteiger charge is -2.09. The average molecular weight is 270 g/mol. The van der Waals surface area contributed by atoms with Crippen LogP contribution in [0.4, 0.5) is 0 Å². The van der Waals surface area contributed by atoms with Gasteiger partial charge in [-0.05, 0) is 36.6 Å². The Hall–Kier alpha value is -0.380. The maximum atomic E-state index is 5.70. The summed E-state index contributed by atoms with van der Waals surface area (Å²) in [6, 6.07) is 8.27. The van der Waals surface area contributed by atoms with Gasteiger partial charge in [-0.3, -0.25) is 0 Å². The van der Waals surface area contributed by atoms with E-state index in [0.29, 0.717) is 5.92 Å². The molecular formula is C12H16BrNO. The number of benzene rings is 1. The summed E-state index contributed by atoms with van der Waals surface area (Å²) in [5.74, 6) is 0.706. The molecule has 0 spiro atoms. The second-order valence-electron chi connectivity index (χ2n) is 4.00. The third kappa shape index (κ3) is 3.59. The van der Waals surface area contributed by atoms with E-state index in [9.17, 15) is 0 Å². The maximum absolute atomic E-state index is 5.70. The van der Waals surface area contributed by atoms with Crippen molar-refractivity contribution in [2.75, 3.05) is 19.7 Å². The van der Waals surface area contributed by atoms with E-state index in [1.54, 1.807) is 0 Å². The Kier molecular flexibility index (Phi) is 4.18. The molecule has 15 heavy (non-hydrogen) atoms. The van der Waals surface area contributed by atoms with Crippen molar-refractivity contribution in [3.63, 3.8) is 0 Å². The van der Waals surface area contributed by atoms with E-state index < -0.39 is 0 Å². The zero-order valence-corrected chi connectivity index (χ0v) is 10.3. The van der Waals surface area contributed by atoms with E-state index in [-0.39, 0.29) is 0 Å². The van der Waals surface area contributed by atoms with Gasteiger partial charge in [0.15, 0.2) is 0 Å². The first-order chi connectivity index (χ1) is 7.34. The number of halogens is 1. The monoisotopic (exact) mass is 269 g/mol. The van der Waals surface area contributed by atoms with E-state index in [0.717, 1.165) is 30.8 Å². The Balaban J connectivity index is 1.73. The maximum Gasteiger partial charge on any atom is 0.0717 e. The first kappa shape index (κ1) is 11.1. The van der Waals surface area contributed by atoms with Crippen LogP contribution >= 0.6 is 15.9 Å². The molecule has 0 aromatic heterocycles. The zero-order chi connectivity index (χ0) is 10.5. The number of rotatable bonds is 4. The van der Waals surface area contributed by atoms with E-state index in [2.05, 4.69) is 33.4 Å². The van der Waals surface area contributed by atoms with Crippen molar-refractivity contribution < 1.29 is 4.74 Å². The molecule has 0 radical (unpaired) electrons. The summed E-state index contributed by atoms with van der Waals surface area (Å²) in [7, 11) is 0. The molecule has 1 atom stereocenters. The van der Waals surface area contributed by atoms with Crippen LogP contribution in [0.2, 0.25) is 0 Å². The number of nitrogens with one attached hydrogen (secondary N) is 1. The number of hydrogen-bond donors (Lipinski definition) is 1. The van der Waals surface area contributed by atoms with E-state index in [1.165, 1.54) is 12.0 Å². The van der Waals surface area contributed by atoms with E-state index >= 15 is 0 Å². The molecule has 0 unspecified atom stereocenters. The van der Waals surface area contributed by atoms with Gasteiger partial charge in [-0.15, -0.1) is 0 Å². The van der Waals surface area contributed by atoms with Crippen LogP contribution in [-0.4, -0.2) is 19.7 Å². The van der Waals surface area contributed by atoms with Crippen LogP contribution < -0.4 is 5.32 Å². The molecule has 1 heterocycles. The van der Waals surface area contributed by atoms with Crippen molar-refractivity contribution in [3.8, 4) is 0 Å². The van der Waals surface area contributed by atoms with Gasteiger partial charge in [0.2, 0.25) is 0 Å². The third-order valence-corrected chi connectivity index (χ3v) is 3.17. The molecule has 1 N–H and O–H groups in total.